The predicted molar refractivity (Wildman–Crippen MR) is 211 cm³/mol. The van der Waals surface area contributed by atoms with Crippen molar-refractivity contribution >= 4 is 43.8 Å². The third-order valence-electron chi connectivity index (χ3n) is 11.4. The van der Waals surface area contributed by atoms with E-state index in [4.69, 9.17) is 4.42 Å². The summed E-state index contributed by atoms with van der Waals surface area (Å²) in [6, 6.07) is 37.0. The van der Waals surface area contributed by atoms with Crippen LogP contribution in [0.1, 0.15) is 44.7 Å². The number of para-hydroxylation sites is 2. The summed E-state index contributed by atoms with van der Waals surface area (Å²) in [6.45, 7) is 8.21. The molecule has 268 valence electrons. The Morgan fingerprint density at radius 1 is 0.774 bits per heavy atom. The first-order chi connectivity index (χ1) is 25.6. The molecule has 0 saturated carbocycles. The first kappa shape index (κ1) is 33.8. The lowest BCUT2D eigenvalue weighted by Crippen LogP contribution is -2.42. The highest BCUT2D eigenvalue weighted by Gasteiger charge is 2.37. The van der Waals surface area contributed by atoms with Crippen molar-refractivity contribution < 1.29 is 17.6 Å². The fourth-order valence-electron chi connectivity index (χ4n) is 8.71. The van der Waals surface area contributed by atoms with Gasteiger partial charge in [-0.15, -0.1) is 0 Å². The van der Waals surface area contributed by atoms with E-state index >= 15 is 0 Å². The number of piperidine rings is 1. The summed E-state index contributed by atoms with van der Waals surface area (Å²) in [6.07, 6.45) is 3.00. The van der Waals surface area contributed by atoms with E-state index < -0.39 is 15.4 Å². The lowest BCUT2D eigenvalue weighted by Gasteiger charge is -2.33. The number of rotatable bonds is 5. The summed E-state index contributed by atoms with van der Waals surface area (Å²) in [5, 5.41) is 1.89. The van der Waals surface area contributed by atoms with Crippen LogP contribution in [0.4, 0.5) is 17.1 Å². The second kappa shape index (κ2) is 12.8. The van der Waals surface area contributed by atoms with E-state index in [0.29, 0.717) is 42.8 Å². The maximum Gasteiger partial charge on any atom is 0.243 e. The highest BCUT2D eigenvalue weighted by molar-refractivity contribution is 7.89. The predicted octanol–water partition coefficient (Wildman–Crippen LogP) is 8.57. The molecule has 5 aliphatic rings. The van der Waals surface area contributed by atoms with Crippen molar-refractivity contribution in [3.63, 3.8) is 0 Å². The van der Waals surface area contributed by atoms with Gasteiger partial charge in [0.1, 0.15) is 17.1 Å². The number of carbonyl (C=O) groups is 1. The minimum Gasteiger partial charge on any atom is -0.456 e. The molecule has 1 fully saturated rings. The molecule has 4 heterocycles. The molecule has 0 atom stereocenters. The van der Waals surface area contributed by atoms with Gasteiger partial charge in [0.15, 0.2) is 6.54 Å². The summed E-state index contributed by atoms with van der Waals surface area (Å²) in [5.74, 6) is 0.769. The van der Waals surface area contributed by atoms with Gasteiger partial charge in [0.25, 0.3) is 0 Å². The van der Waals surface area contributed by atoms with Gasteiger partial charge in [0.05, 0.1) is 11.0 Å². The molecule has 4 aromatic carbocycles. The van der Waals surface area contributed by atoms with E-state index in [9.17, 15) is 13.2 Å². The number of fused-ring (bicyclic) bond motifs is 4. The number of nitrogens with zero attached hydrogens (tertiary/aromatic N) is 3. The summed E-state index contributed by atoms with van der Waals surface area (Å²) in [4.78, 5) is 15.7. The fourth-order valence-corrected chi connectivity index (χ4v) is 10.4. The molecule has 0 amide bonds. The Hall–Kier alpha value is -5.05. The second-order valence-electron chi connectivity index (χ2n) is 15.7. The molecule has 9 rings (SSSR count). The lowest BCUT2D eigenvalue weighted by molar-refractivity contribution is -0.131. The third-order valence-corrected chi connectivity index (χ3v) is 13.4. The van der Waals surface area contributed by atoms with Gasteiger partial charge in [0, 0.05) is 94.6 Å². The summed E-state index contributed by atoms with van der Waals surface area (Å²) in [7, 11) is -3.90. The van der Waals surface area contributed by atoms with E-state index in [1.165, 1.54) is 22.5 Å². The number of sulfonamides is 1. The van der Waals surface area contributed by atoms with E-state index in [1.54, 1.807) is 16.4 Å². The molecule has 1 saturated heterocycles. The molecule has 1 aliphatic carbocycles. The number of hydrogen-bond acceptors (Lipinski definition) is 5. The Labute approximate surface area is 311 Å². The van der Waals surface area contributed by atoms with Crippen LogP contribution in [0.3, 0.4) is 0 Å². The number of ketones is 1. The van der Waals surface area contributed by atoms with Crippen LogP contribution in [0.5, 0.6) is 0 Å². The van der Waals surface area contributed by atoms with Crippen LogP contribution in [0.2, 0.25) is 0 Å². The molecule has 8 heteroatoms. The normalized spacial score (nSPS) is 17.8. The maximum atomic E-state index is 14.6. The van der Waals surface area contributed by atoms with Gasteiger partial charge in [-0.25, -0.2) is 8.42 Å². The number of benzene rings is 5. The van der Waals surface area contributed by atoms with Crippen LogP contribution >= 0.6 is 0 Å². The van der Waals surface area contributed by atoms with Gasteiger partial charge in [-0.3, -0.25) is 4.79 Å². The molecule has 53 heavy (non-hydrogen) atoms. The quantitative estimate of drug-likeness (QED) is 0.132. The lowest BCUT2D eigenvalue weighted by atomic mass is 9.79. The molecular weight excluding hydrogens is 679 g/mol. The monoisotopic (exact) mass is 722 g/mol. The number of anilines is 2. The average molecular weight is 723 g/mol. The van der Waals surface area contributed by atoms with Crippen LogP contribution in [0.25, 0.3) is 33.4 Å². The van der Waals surface area contributed by atoms with Crippen molar-refractivity contribution in [1.29, 1.82) is 0 Å². The minimum absolute atomic E-state index is 0.131. The summed E-state index contributed by atoms with van der Waals surface area (Å²) >= 11 is 0. The fraction of sp³-hybridized carbons (Fsp3) is 0.289. The summed E-state index contributed by atoms with van der Waals surface area (Å²) < 4.78 is 40.0. The first-order valence-electron chi connectivity index (χ1n) is 18.8. The van der Waals surface area contributed by atoms with E-state index in [1.807, 2.05) is 32.9 Å². The Morgan fingerprint density at radius 3 is 2.32 bits per heavy atom. The van der Waals surface area contributed by atoms with Crippen molar-refractivity contribution in [3.05, 3.63) is 126 Å². The number of carbonyl (C=O) groups excluding carboxylic acids is 1. The van der Waals surface area contributed by atoms with E-state index in [-0.39, 0.29) is 16.6 Å². The van der Waals surface area contributed by atoms with Crippen molar-refractivity contribution in [2.75, 3.05) is 31.1 Å². The average Bonchev–Trinajstić information content (AvgIpc) is 3.81. The minimum atomic E-state index is -3.90. The molecule has 0 N–H and O–H groups in total. The smallest absolute Gasteiger partial charge is 0.243 e. The SMILES string of the molecule is CC(C)(C)C(=O)C1CCN(S(=O)(=O)c2ccccc2-c2c3cc/c(=[N+]4/CCc5ccccc54)cc-3oc3cc(N4CCc5ccccc54)ccc23)CC1. The van der Waals surface area contributed by atoms with Crippen LogP contribution in [0, 0.1) is 11.3 Å². The van der Waals surface area contributed by atoms with E-state index in [2.05, 4.69) is 94.4 Å². The van der Waals surface area contributed by atoms with Crippen molar-refractivity contribution in [2.24, 2.45) is 11.3 Å². The Balaban J connectivity index is 1.21. The molecule has 0 spiro atoms. The molecule has 0 unspecified atom stereocenters. The molecule has 4 aromatic rings. The van der Waals surface area contributed by atoms with Crippen molar-refractivity contribution in [2.45, 2.75) is 51.3 Å². The van der Waals surface area contributed by atoms with Crippen molar-refractivity contribution in [3.8, 4) is 22.5 Å². The zero-order valence-corrected chi connectivity index (χ0v) is 31.3. The van der Waals surface area contributed by atoms with Gasteiger partial charge >= 0.3 is 0 Å². The highest BCUT2D eigenvalue weighted by atomic mass is 32.2. The van der Waals surface area contributed by atoms with Gasteiger partial charge in [-0.1, -0.05) is 75.4 Å². The Bertz CT molecular complexity index is 2570. The van der Waals surface area contributed by atoms with Gasteiger partial charge in [-0.2, -0.15) is 8.88 Å². The molecular formula is C45H44N3O4S+. The van der Waals surface area contributed by atoms with Crippen LogP contribution < -0.4 is 14.8 Å². The van der Waals surface area contributed by atoms with E-state index in [0.717, 1.165) is 53.5 Å². The first-order valence-corrected chi connectivity index (χ1v) is 20.2. The number of hydrogen-bond donors (Lipinski definition) is 0. The second-order valence-corrected chi connectivity index (χ2v) is 17.6. The molecule has 0 radical (unpaired) electrons. The molecule has 0 bridgehead atoms. The molecule has 0 aromatic heterocycles. The zero-order chi connectivity index (χ0) is 36.5. The largest absolute Gasteiger partial charge is 0.456 e. The van der Waals surface area contributed by atoms with Crippen molar-refractivity contribution in [1.82, 2.24) is 8.88 Å². The van der Waals surface area contributed by atoms with Gasteiger partial charge in [0.2, 0.25) is 21.1 Å². The highest BCUT2D eigenvalue weighted by Crippen LogP contribution is 2.45. The zero-order valence-electron chi connectivity index (χ0n) is 30.5. The van der Waals surface area contributed by atoms with Gasteiger partial charge in [-0.05, 0) is 55.2 Å². The topological polar surface area (TPSA) is 73.8 Å². The molecule has 4 aliphatic heterocycles. The standard InChI is InChI=1S/C45H44N3O4S/c1-45(2,3)44(49)32-20-24-46(25-21-32)53(50,51)42-15-9-6-12-37(42)43-35-18-16-33(47-26-22-30-10-4-7-13-38(30)47)28-40(35)52-41-29-34(17-19-36(41)43)48-27-23-31-11-5-8-14-39(31)48/h4-19,28-29,32H,20-27H2,1-3H3/q+1. The van der Waals surface area contributed by atoms with Gasteiger partial charge < -0.3 is 9.32 Å². The Morgan fingerprint density at radius 2 is 1.51 bits per heavy atom. The number of Topliss-reactive ketones (excluding diaryl/α,β-unsaturated/α-hetero) is 1. The molecule has 7 nitrogen and oxygen atoms in total. The third kappa shape index (κ3) is 5.79. The maximum absolute atomic E-state index is 14.6. The van der Waals surface area contributed by atoms with Crippen LogP contribution in [-0.2, 0) is 27.7 Å². The Kier molecular flexibility index (Phi) is 8.16. The van der Waals surface area contributed by atoms with Crippen LogP contribution in [-0.4, -0.2) is 44.7 Å². The summed E-state index contributed by atoms with van der Waals surface area (Å²) in [5.41, 5.74) is 8.66. The van der Waals surface area contributed by atoms with Crippen LogP contribution in [0.15, 0.2) is 119 Å².